The second kappa shape index (κ2) is 3.32. The summed E-state index contributed by atoms with van der Waals surface area (Å²) in [5.41, 5.74) is -1.93. The Morgan fingerprint density at radius 2 is 0.929 bits per heavy atom. The number of nitrogens with one attached hydrogen (secondary N) is 2. The van der Waals surface area contributed by atoms with Gasteiger partial charge in [-0.2, -0.15) is 0 Å². The molecule has 0 atom stereocenters. The van der Waals surface area contributed by atoms with E-state index in [1.807, 2.05) is 0 Å². The number of rotatable bonds is 2. The molecule has 0 aliphatic heterocycles. The molecule has 0 aromatic heterocycles. The molecule has 2 N–H and O–H groups in total. The van der Waals surface area contributed by atoms with E-state index in [2.05, 4.69) is 0 Å². The van der Waals surface area contributed by atoms with Crippen LogP contribution in [0.5, 0.6) is 0 Å². The number of hydrogen-bond acceptors (Lipinski definition) is 2. The summed E-state index contributed by atoms with van der Waals surface area (Å²) in [5.74, 6) is 0. The van der Waals surface area contributed by atoms with Crippen LogP contribution in [-0.2, 0) is 0 Å². The molecular weight excluding hydrogens is 212 g/mol. The third-order valence-electron chi connectivity index (χ3n) is 1.04. The van der Waals surface area contributed by atoms with Crippen molar-refractivity contribution in [1.82, 2.24) is 10.2 Å². The first-order chi connectivity index (χ1) is 5.68. The number of hydrogen-bond donors (Lipinski definition) is 2. The monoisotopic (exact) mass is 232 g/mol. The van der Waals surface area contributed by atoms with Crippen molar-refractivity contribution < 1.29 is 12.6 Å². The van der Waals surface area contributed by atoms with Crippen molar-refractivity contribution in [3.8, 4) is 0 Å². The predicted octanol–water partition coefficient (Wildman–Crippen LogP) is 3.80. The molecule has 0 aliphatic carbocycles. The molecular formula is C8H20F3N2P. The summed E-state index contributed by atoms with van der Waals surface area (Å²) >= 11 is 0. The molecule has 0 aromatic carbocycles. The molecule has 0 unspecified atom stereocenters. The van der Waals surface area contributed by atoms with Gasteiger partial charge in [0.05, 0.1) is 0 Å². The van der Waals surface area contributed by atoms with Gasteiger partial charge in [-0.1, -0.05) is 0 Å². The van der Waals surface area contributed by atoms with E-state index in [-0.39, 0.29) is 0 Å². The van der Waals surface area contributed by atoms with Crippen LogP contribution in [0.1, 0.15) is 41.5 Å². The van der Waals surface area contributed by atoms with Gasteiger partial charge in [-0.15, -0.1) is 0 Å². The molecule has 0 radical (unpaired) electrons. The molecule has 88 valence electrons. The summed E-state index contributed by atoms with van der Waals surface area (Å²) in [7, 11) is -6.44. The Morgan fingerprint density at radius 3 is 1.07 bits per heavy atom. The van der Waals surface area contributed by atoms with E-state index >= 15 is 0 Å². The minimum atomic E-state index is -6.44. The maximum atomic E-state index is 13.3. The standard InChI is InChI=1S/C8H20F3N2P/c1-7(2,3)12-14(9,10,11)13-8(4,5)6/h12-13H,1-6H3. The van der Waals surface area contributed by atoms with Crippen molar-refractivity contribution in [2.75, 3.05) is 0 Å². The van der Waals surface area contributed by atoms with Gasteiger partial charge in [0.2, 0.25) is 0 Å². The van der Waals surface area contributed by atoms with Gasteiger partial charge in [-0.05, 0) is 0 Å². The van der Waals surface area contributed by atoms with Crippen LogP contribution >= 0.6 is 7.84 Å². The third kappa shape index (κ3) is 7.54. The Labute approximate surface area is 84.0 Å². The van der Waals surface area contributed by atoms with E-state index in [9.17, 15) is 12.6 Å². The molecule has 0 fully saturated rings. The van der Waals surface area contributed by atoms with Gasteiger partial charge in [0.25, 0.3) is 0 Å². The fraction of sp³-hybridized carbons (Fsp3) is 1.00. The zero-order valence-electron chi connectivity index (χ0n) is 9.58. The van der Waals surface area contributed by atoms with Gasteiger partial charge < -0.3 is 0 Å². The van der Waals surface area contributed by atoms with Crippen LogP contribution in [0.2, 0.25) is 0 Å². The Balaban J connectivity index is 4.70. The topological polar surface area (TPSA) is 24.1 Å². The predicted molar refractivity (Wildman–Crippen MR) is 56.0 cm³/mol. The Hall–Kier alpha value is 0.140. The van der Waals surface area contributed by atoms with Crippen molar-refractivity contribution >= 4 is 7.84 Å². The Kier molecular flexibility index (Phi) is 3.36. The molecule has 0 heterocycles. The summed E-state index contributed by atoms with van der Waals surface area (Å²) in [5, 5.41) is 3.50. The van der Waals surface area contributed by atoms with Gasteiger partial charge >= 0.3 is 83.2 Å². The molecule has 0 aromatic rings. The molecule has 6 heteroatoms. The summed E-state index contributed by atoms with van der Waals surface area (Å²) in [6, 6.07) is 0. The fourth-order valence-corrected chi connectivity index (χ4v) is 3.37. The summed E-state index contributed by atoms with van der Waals surface area (Å²) in [6.07, 6.45) is 0. The zero-order chi connectivity index (χ0) is 11.9. The number of halogens is 3. The van der Waals surface area contributed by atoms with Crippen molar-refractivity contribution in [3.63, 3.8) is 0 Å². The van der Waals surface area contributed by atoms with E-state index < -0.39 is 18.9 Å². The van der Waals surface area contributed by atoms with Crippen LogP contribution in [0.3, 0.4) is 0 Å². The van der Waals surface area contributed by atoms with Gasteiger partial charge in [-0.3, -0.25) is 0 Å². The van der Waals surface area contributed by atoms with Crippen LogP contribution in [-0.4, -0.2) is 11.1 Å². The first kappa shape index (κ1) is 14.1. The Morgan fingerprint density at radius 1 is 0.714 bits per heavy atom. The average Bonchev–Trinajstić information content (AvgIpc) is 1.39. The Bertz CT molecular complexity index is 189. The molecule has 0 saturated carbocycles. The second-order valence-corrected chi connectivity index (χ2v) is 7.60. The van der Waals surface area contributed by atoms with Crippen molar-refractivity contribution in [3.05, 3.63) is 0 Å². The van der Waals surface area contributed by atoms with Gasteiger partial charge in [0, 0.05) is 0 Å². The van der Waals surface area contributed by atoms with Crippen molar-refractivity contribution in [2.45, 2.75) is 52.6 Å². The molecule has 0 saturated heterocycles. The fourth-order valence-electron chi connectivity index (χ4n) is 1.12. The van der Waals surface area contributed by atoms with E-state index in [0.29, 0.717) is 0 Å². The van der Waals surface area contributed by atoms with Crippen LogP contribution in [0.15, 0.2) is 0 Å². The van der Waals surface area contributed by atoms with E-state index in [1.54, 1.807) is 10.2 Å². The molecule has 0 amide bonds. The van der Waals surface area contributed by atoms with Gasteiger partial charge in [-0.25, -0.2) is 0 Å². The summed E-state index contributed by atoms with van der Waals surface area (Å²) < 4.78 is 40.0. The third-order valence-corrected chi connectivity index (χ3v) is 3.11. The SMILES string of the molecule is CC(C)(C)NP(F)(F)(F)NC(C)(C)C. The molecule has 0 rings (SSSR count). The minimum absolute atomic E-state index is 0.964. The van der Waals surface area contributed by atoms with Crippen LogP contribution in [0.25, 0.3) is 0 Å². The molecule has 14 heavy (non-hydrogen) atoms. The van der Waals surface area contributed by atoms with Crippen LogP contribution in [0.4, 0.5) is 12.6 Å². The van der Waals surface area contributed by atoms with Crippen LogP contribution in [0, 0.1) is 0 Å². The first-order valence-corrected chi connectivity index (χ1v) is 6.36. The molecule has 0 bridgehead atoms. The van der Waals surface area contributed by atoms with E-state index in [0.717, 1.165) is 0 Å². The average molecular weight is 232 g/mol. The van der Waals surface area contributed by atoms with Gasteiger partial charge in [0.15, 0.2) is 0 Å². The van der Waals surface area contributed by atoms with Gasteiger partial charge in [0.1, 0.15) is 0 Å². The first-order valence-electron chi connectivity index (χ1n) is 4.45. The zero-order valence-corrected chi connectivity index (χ0v) is 10.5. The normalized spacial score (nSPS) is 17.6. The van der Waals surface area contributed by atoms with Crippen molar-refractivity contribution in [2.24, 2.45) is 0 Å². The maximum absolute atomic E-state index is 13.3. The van der Waals surface area contributed by atoms with Crippen LogP contribution < -0.4 is 10.2 Å². The summed E-state index contributed by atoms with van der Waals surface area (Å²) in [4.78, 5) is 0. The second-order valence-electron chi connectivity index (χ2n) is 5.53. The quantitative estimate of drug-likeness (QED) is 0.707. The molecule has 0 spiro atoms. The van der Waals surface area contributed by atoms with E-state index in [4.69, 9.17) is 0 Å². The van der Waals surface area contributed by atoms with Crippen molar-refractivity contribution in [1.29, 1.82) is 0 Å². The summed E-state index contributed by atoms with van der Waals surface area (Å²) in [6.45, 7) is 8.99. The molecule has 2 nitrogen and oxygen atoms in total. The molecule has 0 aliphatic rings. The van der Waals surface area contributed by atoms with E-state index in [1.165, 1.54) is 41.5 Å².